The summed E-state index contributed by atoms with van der Waals surface area (Å²) < 4.78 is 26.7. The van der Waals surface area contributed by atoms with Crippen LogP contribution in [0.3, 0.4) is 0 Å². The third-order valence-corrected chi connectivity index (χ3v) is 4.73. The topological polar surface area (TPSA) is 75.4 Å². The van der Waals surface area contributed by atoms with Gasteiger partial charge in [0, 0.05) is 25.9 Å². The Bertz CT molecular complexity index is 658. The monoisotopic (exact) mass is 393 g/mol. The van der Waals surface area contributed by atoms with Crippen LogP contribution in [-0.4, -0.2) is 41.8 Å². The first kappa shape index (κ1) is 19.9. The minimum Gasteiger partial charge on any atom is -0.370 e. The molecule has 1 fully saturated rings. The highest BCUT2D eigenvalue weighted by molar-refractivity contribution is 6.42. The molecule has 25 heavy (non-hydrogen) atoms. The fourth-order valence-corrected chi connectivity index (χ4v) is 2.96. The summed E-state index contributed by atoms with van der Waals surface area (Å²) in [6, 6.07) is 4.23. The number of primary amides is 1. The number of nitrogens with two attached hydrogens (primary N) is 1. The molecule has 9 heteroatoms. The second-order valence-corrected chi connectivity index (χ2v) is 6.87. The maximum Gasteiger partial charge on any atom is 0.267 e. The first-order valence-corrected chi connectivity index (χ1v) is 8.56. The highest BCUT2D eigenvalue weighted by Gasteiger charge is 2.41. The fraction of sp³-hybridized carbons (Fsp3) is 0.500. The van der Waals surface area contributed by atoms with Crippen LogP contribution in [0.2, 0.25) is 10.0 Å². The van der Waals surface area contributed by atoms with Crippen LogP contribution in [0.15, 0.2) is 18.2 Å². The molecule has 1 aromatic rings. The number of nitrogens with zero attached hydrogens (tertiary/aromatic N) is 1. The minimum absolute atomic E-state index is 0.00659. The first-order valence-electron chi connectivity index (χ1n) is 7.80. The number of rotatable bonds is 7. The van der Waals surface area contributed by atoms with Crippen LogP contribution < -0.4 is 11.1 Å². The summed E-state index contributed by atoms with van der Waals surface area (Å²) in [5.41, 5.74) is 5.91. The number of likely N-dealkylation sites (tertiary alicyclic amines) is 1. The molecule has 2 rings (SSSR count). The van der Waals surface area contributed by atoms with Gasteiger partial charge in [0.15, 0.2) is 0 Å². The fourth-order valence-electron chi connectivity index (χ4n) is 2.63. The summed E-state index contributed by atoms with van der Waals surface area (Å²) in [7, 11) is 0. The molecule has 5 nitrogen and oxygen atoms in total. The number of benzene rings is 1. The second-order valence-electron chi connectivity index (χ2n) is 6.05. The van der Waals surface area contributed by atoms with Gasteiger partial charge in [-0.15, -0.1) is 0 Å². The van der Waals surface area contributed by atoms with E-state index in [0.29, 0.717) is 10.0 Å². The molecule has 0 aromatic heterocycles. The SMILES string of the molecule is NC(=O)CCC(NCc1ccc(Cl)c(Cl)c1)C(=O)N1CCC(F)(F)C1. The Morgan fingerprint density at radius 3 is 2.60 bits per heavy atom. The molecule has 1 unspecified atom stereocenters. The van der Waals surface area contributed by atoms with Crippen molar-refractivity contribution in [2.75, 3.05) is 13.1 Å². The number of alkyl halides is 2. The summed E-state index contributed by atoms with van der Waals surface area (Å²) in [5, 5.41) is 3.78. The normalized spacial score (nSPS) is 17.5. The van der Waals surface area contributed by atoms with Crippen LogP contribution >= 0.6 is 23.2 Å². The second kappa shape index (κ2) is 8.29. The molecule has 3 N–H and O–H groups in total. The molecular formula is C16H19Cl2F2N3O2. The first-order chi connectivity index (χ1) is 11.7. The Kier molecular flexibility index (Phi) is 6.59. The molecular weight excluding hydrogens is 375 g/mol. The van der Waals surface area contributed by atoms with Gasteiger partial charge in [-0.3, -0.25) is 9.59 Å². The summed E-state index contributed by atoms with van der Waals surface area (Å²) in [5.74, 6) is -3.88. The Morgan fingerprint density at radius 2 is 2.04 bits per heavy atom. The van der Waals surface area contributed by atoms with Crippen molar-refractivity contribution in [1.82, 2.24) is 10.2 Å². The molecule has 1 aromatic carbocycles. The molecule has 138 valence electrons. The summed E-state index contributed by atoms with van der Waals surface area (Å²) in [4.78, 5) is 24.7. The highest BCUT2D eigenvalue weighted by atomic mass is 35.5. The van der Waals surface area contributed by atoms with Gasteiger partial charge in [0.2, 0.25) is 11.8 Å². The van der Waals surface area contributed by atoms with Crippen LogP contribution in [0, 0.1) is 0 Å². The van der Waals surface area contributed by atoms with Crippen molar-refractivity contribution in [3.05, 3.63) is 33.8 Å². The molecule has 0 spiro atoms. The van der Waals surface area contributed by atoms with Crippen molar-refractivity contribution >= 4 is 35.0 Å². The third kappa shape index (κ3) is 5.80. The van der Waals surface area contributed by atoms with Crippen LogP contribution in [0.4, 0.5) is 8.78 Å². The quantitative estimate of drug-likeness (QED) is 0.747. The van der Waals surface area contributed by atoms with Gasteiger partial charge < -0.3 is 16.0 Å². The predicted molar refractivity (Wildman–Crippen MR) is 91.7 cm³/mol. The van der Waals surface area contributed by atoms with Crippen LogP contribution in [-0.2, 0) is 16.1 Å². The van der Waals surface area contributed by atoms with Gasteiger partial charge in [0.05, 0.1) is 22.6 Å². The van der Waals surface area contributed by atoms with Crippen molar-refractivity contribution in [3.8, 4) is 0 Å². The van der Waals surface area contributed by atoms with E-state index < -0.39 is 30.3 Å². The largest absolute Gasteiger partial charge is 0.370 e. The number of nitrogens with one attached hydrogen (secondary N) is 1. The minimum atomic E-state index is -2.87. The van der Waals surface area contributed by atoms with Crippen molar-refractivity contribution in [1.29, 1.82) is 0 Å². The maximum absolute atomic E-state index is 13.3. The Labute approximate surface area is 154 Å². The molecule has 0 bridgehead atoms. The smallest absolute Gasteiger partial charge is 0.267 e. The van der Waals surface area contributed by atoms with Gasteiger partial charge in [-0.05, 0) is 24.1 Å². The third-order valence-electron chi connectivity index (χ3n) is 4.00. The highest BCUT2D eigenvalue weighted by Crippen LogP contribution is 2.27. The Morgan fingerprint density at radius 1 is 1.32 bits per heavy atom. The van der Waals surface area contributed by atoms with Gasteiger partial charge in [0.25, 0.3) is 5.92 Å². The molecule has 2 amide bonds. The van der Waals surface area contributed by atoms with E-state index in [1.165, 1.54) is 0 Å². The van der Waals surface area contributed by atoms with Gasteiger partial charge in [-0.25, -0.2) is 8.78 Å². The van der Waals surface area contributed by atoms with Gasteiger partial charge in [-0.2, -0.15) is 0 Å². The molecule has 1 aliphatic rings. The zero-order valence-electron chi connectivity index (χ0n) is 13.4. The maximum atomic E-state index is 13.3. The summed E-state index contributed by atoms with van der Waals surface area (Å²) >= 11 is 11.8. The van der Waals surface area contributed by atoms with E-state index >= 15 is 0 Å². The zero-order chi connectivity index (χ0) is 18.6. The number of carbonyl (C=O) groups excluding carboxylic acids is 2. The van der Waals surface area contributed by atoms with E-state index in [2.05, 4.69) is 5.32 Å². The molecule has 0 aliphatic carbocycles. The van der Waals surface area contributed by atoms with E-state index in [1.807, 2.05) is 0 Å². The molecule has 0 saturated carbocycles. The standard InChI is InChI=1S/C16H19Cl2F2N3O2/c17-11-2-1-10(7-12(11)18)8-22-13(3-4-14(21)24)15(25)23-6-5-16(19,20)9-23/h1-2,7,13,22H,3-6,8-9H2,(H2,21,24). The molecule has 1 atom stereocenters. The molecule has 1 heterocycles. The van der Waals surface area contributed by atoms with Gasteiger partial charge >= 0.3 is 0 Å². The number of hydrogen-bond donors (Lipinski definition) is 2. The lowest BCUT2D eigenvalue weighted by atomic mass is 10.1. The summed E-state index contributed by atoms with van der Waals surface area (Å²) in [6.45, 7) is -0.336. The van der Waals surface area contributed by atoms with E-state index in [0.717, 1.165) is 10.5 Å². The van der Waals surface area contributed by atoms with Crippen molar-refractivity contribution < 1.29 is 18.4 Å². The van der Waals surface area contributed by atoms with Gasteiger partial charge in [-0.1, -0.05) is 29.3 Å². The van der Waals surface area contributed by atoms with E-state index in [1.54, 1.807) is 18.2 Å². The van der Waals surface area contributed by atoms with Gasteiger partial charge in [0.1, 0.15) is 0 Å². The summed E-state index contributed by atoms with van der Waals surface area (Å²) in [6.07, 6.45) is -0.235. The van der Waals surface area contributed by atoms with Crippen molar-refractivity contribution in [2.45, 2.75) is 37.8 Å². The lowest BCUT2D eigenvalue weighted by molar-refractivity contribution is -0.134. The Hall–Kier alpha value is -1.44. The number of halogens is 4. The van der Waals surface area contributed by atoms with Crippen LogP contribution in [0.1, 0.15) is 24.8 Å². The lowest BCUT2D eigenvalue weighted by Crippen LogP contribution is -2.46. The molecule has 1 saturated heterocycles. The van der Waals surface area contributed by atoms with E-state index in [9.17, 15) is 18.4 Å². The lowest BCUT2D eigenvalue weighted by Gasteiger charge is -2.24. The predicted octanol–water partition coefficient (Wildman–Crippen LogP) is 2.58. The average Bonchev–Trinajstić information content (AvgIpc) is 2.90. The van der Waals surface area contributed by atoms with Crippen molar-refractivity contribution in [2.24, 2.45) is 5.73 Å². The van der Waals surface area contributed by atoms with Crippen molar-refractivity contribution in [3.63, 3.8) is 0 Å². The number of hydrogen-bond acceptors (Lipinski definition) is 3. The zero-order valence-corrected chi connectivity index (χ0v) is 14.9. The molecule has 0 radical (unpaired) electrons. The van der Waals surface area contributed by atoms with Crippen LogP contribution in [0.25, 0.3) is 0 Å². The van der Waals surface area contributed by atoms with E-state index in [-0.39, 0.29) is 32.4 Å². The molecule has 1 aliphatic heterocycles. The Balaban J connectivity index is 2.03. The number of carbonyl (C=O) groups is 2. The van der Waals surface area contributed by atoms with E-state index in [4.69, 9.17) is 28.9 Å². The van der Waals surface area contributed by atoms with Crippen LogP contribution in [0.5, 0.6) is 0 Å². The average molecular weight is 394 g/mol. The number of amides is 2.